The molecule has 1 saturated carbocycles. The molecule has 2 fully saturated rings. The van der Waals surface area contributed by atoms with Gasteiger partial charge in [-0.2, -0.15) is 0 Å². The fourth-order valence-corrected chi connectivity index (χ4v) is 1.79. The number of carbonyl (C=O) groups excluding carboxylic acids is 1. The Bertz CT molecular complexity index is 236. The Hall–Kier alpha value is -0.610. The number of nitrogens with zero attached hydrogens (tertiary/aromatic N) is 1. The van der Waals surface area contributed by atoms with Gasteiger partial charge in [0, 0.05) is 19.1 Å². The van der Waals surface area contributed by atoms with Gasteiger partial charge in [0.2, 0.25) is 5.91 Å². The van der Waals surface area contributed by atoms with E-state index in [0.29, 0.717) is 32.1 Å². The van der Waals surface area contributed by atoms with Crippen molar-refractivity contribution in [2.24, 2.45) is 0 Å². The summed E-state index contributed by atoms with van der Waals surface area (Å²) in [6, 6.07) is 0.571. The summed E-state index contributed by atoms with van der Waals surface area (Å²) in [4.78, 5) is 13.4. The minimum absolute atomic E-state index is 0.120. The maximum Gasteiger partial charge on any atom is 0.236 e. The van der Waals surface area contributed by atoms with E-state index in [-0.39, 0.29) is 5.91 Å². The molecule has 1 amide bonds. The first-order valence-corrected chi connectivity index (χ1v) is 5.30. The summed E-state index contributed by atoms with van der Waals surface area (Å²) in [6.07, 6.45) is 3.10. The molecular weight excluding hydrogens is 180 g/mol. The smallest absolute Gasteiger partial charge is 0.236 e. The van der Waals surface area contributed by atoms with Crippen LogP contribution >= 0.6 is 0 Å². The molecule has 1 aliphatic carbocycles. The van der Waals surface area contributed by atoms with Gasteiger partial charge < -0.3 is 15.3 Å². The van der Waals surface area contributed by atoms with Crippen molar-refractivity contribution in [3.05, 3.63) is 0 Å². The van der Waals surface area contributed by atoms with Gasteiger partial charge in [-0.05, 0) is 26.2 Å². The summed E-state index contributed by atoms with van der Waals surface area (Å²) in [5, 5.41) is 12.9. The monoisotopic (exact) mass is 198 g/mol. The third-order valence-corrected chi connectivity index (χ3v) is 2.92. The van der Waals surface area contributed by atoms with E-state index < -0.39 is 5.60 Å². The number of hydrogen-bond acceptors (Lipinski definition) is 3. The predicted octanol–water partition coefficient (Wildman–Crippen LogP) is -0.278. The van der Waals surface area contributed by atoms with Crippen molar-refractivity contribution in [2.75, 3.05) is 19.6 Å². The number of aliphatic hydroxyl groups is 1. The molecule has 0 radical (unpaired) electrons. The lowest BCUT2D eigenvalue weighted by Crippen LogP contribution is -2.39. The first kappa shape index (κ1) is 9.93. The van der Waals surface area contributed by atoms with Crippen molar-refractivity contribution >= 4 is 5.91 Å². The molecule has 4 nitrogen and oxygen atoms in total. The van der Waals surface area contributed by atoms with Crippen LogP contribution in [-0.4, -0.2) is 47.2 Å². The molecule has 2 rings (SSSR count). The van der Waals surface area contributed by atoms with Crippen LogP contribution in [0.2, 0.25) is 0 Å². The number of hydrogen-bond donors (Lipinski definition) is 2. The standard InChI is InChI=1S/C10H18N2O2/c1-10(14)4-5-12(7-10)9(13)6-11-8-2-3-8/h8,11,14H,2-7H2,1H3. The maximum absolute atomic E-state index is 11.6. The Morgan fingerprint density at radius 2 is 2.36 bits per heavy atom. The van der Waals surface area contributed by atoms with E-state index in [1.807, 2.05) is 0 Å². The zero-order valence-corrected chi connectivity index (χ0v) is 8.62. The zero-order chi connectivity index (χ0) is 10.2. The quantitative estimate of drug-likeness (QED) is 0.656. The van der Waals surface area contributed by atoms with Gasteiger partial charge in [0.15, 0.2) is 0 Å². The maximum atomic E-state index is 11.6. The van der Waals surface area contributed by atoms with Gasteiger partial charge in [0.1, 0.15) is 0 Å². The van der Waals surface area contributed by atoms with Crippen LogP contribution in [0, 0.1) is 0 Å². The Morgan fingerprint density at radius 1 is 1.64 bits per heavy atom. The minimum Gasteiger partial charge on any atom is -0.388 e. The summed E-state index contributed by atoms with van der Waals surface area (Å²) >= 11 is 0. The molecule has 4 heteroatoms. The van der Waals surface area contributed by atoms with Crippen molar-refractivity contribution < 1.29 is 9.90 Å². The summed E-state index contributed by atoms with van der Waals surface area (Å²) in [6.45, 7) is 3.39. The molecule has 0 spiro atoms. The van der Waals surface area contributed by atoms with Gasteiger partial charge in [-0.15, -0.1) is 0 Å². The van der Waals surface area contributed by atoms with E-state index in [1.54, 1.807) is 11.8 Å². The largest absolute Gasteiger partial charge is 0.388 e. The van der Waals surface area contributed by atoms with Crippen molar-refractivity contribution in [1.29, 1.82) is 0 Å². The van der Waals surface area contributed by atoms with Crippen LogP contribution in [0.3, 0.4) is 0 Å². The van der Waals surface area contributed by atoms with Crippen LogP contribution in [0.5, 0.6) is 0 Å². The number of amides is 1. The number of likely N-dealkylation sites (tertiary alicyclic amines) is 1. The SMILES string of the molecule is CC1(O)CCN(C(=O)CNC2CC2)C1. The normalized spacial score (nSPS) is 32.3. The van der Waals surface area contributed by atoms with Crippen molar-refractivity contribution in [3.8, 4) is 0 Å². The predicted molar refractivity (Wildman–Crippen MR) is 52.8 cm³/mol. The van der Waals surface area contributed by atoms with E-state index >= 15 is 0 Å². The molecule has 0 aromatic heterocycles. The first-order valence-electron chi connectivity index (χ1n) is 5.30. The average molecular weight is 198 g/mol. The number of nitrogens with one attached hydrogen (secondary N) is 1. The van der Waals surface area contributed by atoms with Gasteiger partial charge >= 0.3 is 0 Å². The Kier molecular flexibility index (Phi) is 2.49. The summed E-state index contributed by atoms with van der Waals surface area (Å²) in [7, 11) is 0. The molecule has 0 bridgehead atoms. The lowest BCUT2D eigenvalue weighted by molar-refractivity contribution is -0.130. The van der Waals surface area contributed by atoms with Gasteiger partial charge in [-0.1, -0.05) is 0 Å². The number of rotatable bonds is 3. The van der Waals surface area contributed by atoms with Crippen LogP contribution in [0.4, 0.5) is 0 Å². The van der Waals surface area contributed by atoms with Crippen LogP contribution < -0.4 is 5.32 Å². The van der Waals surface area contributed by atoms with Crippen molar-refractivity contribution in [2.45, 2.75) is 37.8 Å². The molecule has 1 saturated heterocycles. The van der Waals surface area contributed by atoms with E-state index in [2.05, 4.69) is 5.32 Å². The molecule has 14 heavy (non-hydrogen) atoms. The fourth-order valence-electron chi connectivity index (χ4n) is 1.79. The molecule has 1 heterocycles. The Morgan fingerprint density at radius 3 is 2.86 bits per heavy atom. The van der Waals surface area contributed by atoms with Crippen LogP contribution in [-0.2, 0) is 4.79 Å². The third kappa shape index (κ3) is 2.45. The van der Waals surface area contributed by atoms with Gasteiger partial charge in [-0.25, -0.2) is 0 Å². The number of β-amino-alcohol motifs (C(OH)–C–C–N with tert-alkyl or cyclic N) is 1. The highest BCUT2D eigenvalue weighted by Crippen LogP contribution is 2.21. The topological polar surface area (TPSA) is 52.6 Å². The van der Waals surface area contributed by atoms with Crippen LogP contribution in [0.25, 0.3) is 0 Å². The van der Waals surface area contributed by atoms with Crippen LogP contribution in [0.15, 0.2) is 0 Å². The lowest BCUT2D eigenvalue weighted by atomic mass is 10.1. The van der Waals surface area contributed by atoms with Gasteiger partial charge in [0.25, 0.3) is 0 Å². The second-order valence-electron chi connectivity index (χ2n) is 4.72. The van der Waals surface area contributed by atoms with E-state index in [1.165, 1.54) is 12.8 Å². The molecule has 1 unspecified atom stereocenters. The molecule has 2 N–H and O–H groups in total. The van der Waals surface area contributed by atoms with Gasteiger partial charge in [0.05, 0.1) is 12.1 Å². The molecule has 1 atom stereocenters. The second-order valence-corrected chi connectivity index (χ2v) is 4.72. The Labute approximate surface area is 84.3 Å². The van der Waals surface area contributed by atoms with Gasteiger partial charge in [-0.3, -0.25) is 4.79 Å². The minimum atomic E-state index is -0.671. The summed E-state index contributed by atoms with van der Waals surface area (Å²) in [5.41, 5.74) is -0.671. The zero-order valence-electron chi connectivity index (χ0n) is 8.62. The summed E-state index contributed by atoms with van der Waals surface area (Å²) < 4.78 is 0. The Balaban J connectivity index is 1.74. The second kappa shape index (κ2) is 3.51. The molecule has 0 aromatic rings. The van der Waals surface area contributed by atoms with Crippen molar-refractivity contribution in [3.63, 3.8) is 0 Å². The van der Waals surface area contributed by atoms with Crippen LogP contribution in [0.1, 0.15) is 26.2 Å². The highest BCUT2D eigenvalue weighted by Gasteiger charge is 2.34. The molecular formula is C10H18N2O2. The average Bonchev–Trinajstić information content (AvgIpc) is 2.86. The molecule has 1 aliphatic heterocycles. The van der Waals surface area contributed by atoms with E-state index in [9.17, 15) is 9.90 Å². The molecule has 2 aliphatic rings. The summed E-state index contributed by atoms with van der Waals surface area (Å²) in [5.74, 6) is 0.120. The van der Waals surface area contributed by atoms with Crippen molar-refractivity contribution in [1.82, 2.24) is 10.2 Å². The fraction of sp³-hybridized carbons (Fsp3) is 0.900. The highest BCUT2D eigenvalue weighted by molar-refractivity contribution is 5.78. The first-order chi connectivity index (χ1) is 6.57. The molecule has 80 valence electrons. The highest BCUT2D eigenvalue weighted by atomic mass is 16.3. The molecule has 0 aromatic carbocycles. The van der Waals surface area contributed by atoms with E-state index in [0.717, 1.165) is 0 Å². The number of carbonyl (C=O) groups is 1. The third-order valence-electron chi connectivity index (χ3n) is 2.92. The lowest BCUT2D eigenvalue weighted by Gasteiger charge is -2.19. The van der Waals surface area contributed by atoms with E-state index in [4.69, 9.17) is 0 Å².